The molecule has 0 unspecified atom stereocenters. The normalized spacial score (nSPS) is 17.3. The van der Waals surface area contributed by atoms with E-state index in [1.54, 1.807) is 6.20 Å². The summed E-state index contributed by atoms with van der Waals surface area (Å²) >= 11 is 0. The number of carbonyl (C=O) groups excluding carboxylic acids is 1. The summed E-state index contributed by atoms with van der Waals surface area (Å²) in [6.45, 7) is 3.00. The van der Waals surface area contributed by atoms with E-state index in [-0.39, 0.29) is 18.6 Å². The molecule has 0 spiro atoms. The van der Waals surface area contributed by atoms with E-state index in [4.69, 9.17) is 0 Å². The van der Waals surface area contributed by atoms with Crippen molar-refractivity contribution in [2.45, 2.75) is 25.4 Å². The van der Waals surface area contributed by atoms with Gasteiger partial charge in [0.05, 0.1) is 12.6 Å². The van der Waals surface area contributed by atoms with Crippen molar-refractivity contribution in [3.63, 3.8) is 0 Å². The van der Waals surface area contributed by atoms with Gasteiger partial charge >= 0.3 is 0 Å². The molecule has 25 heavy (non-hydrogen) atoms. The fourth-order valence-corrected chi connectivity index (χ4v) is 3.34. The van der Waals surface area contributed by atoms with Gasteiger partial charge in [-0.25, -0.2) is 0 Å². The molecule has 1 amide bonds. The Kier molecular flexibility index (Phi) is 6.14. The molecule has 0 radical (unpaired) electrons. The van der Waals surface area contributed by atoms with Crippen LogP contribution in [0.1, 0.15) is 17.5 Å². The van der Waals surface area contributed by atoms with Gasteiger partial charge in [0.2, 0.25) is 5.91 Å². The van der Waals surface area contributed by atoms with Gasteiger partial charge in [-0.1, -0.05) is 36.4 Å². The first-order valence-corrected chi connectivity index (χ1v) is 8.82. The van der Waals surface area contributed by atoms with Crippen molar-refractivity contribution in [1.82, 2.24) is 14.8 Å². The molecule has 1 aromatic heterocycles. The first-order chi connectivity index (χ1) is 12.3. The third-order valence-corrected chi connectivity index (χ3v) is 4.71. The molecule has 2 aromatic rings. The van der Waals surface area contributed by atoms with Crippen molar-refractivity contribution in [2.24, 2.45) is 0 Å². The highest BCUT2D eigenvalue weighted by Gasteiger charge is 2.27. The van der Waals surface area contributed by atoms with Gasteiger partial charge in [0.25, 0.3) is 0 Å². The number of aliphatic hydroxyl groups excluding tert-OH is 1. The predicted octanol–water partition coefficient (Wildman–Crippen LogP) is 1.72. The summed E-state index contributed by atoms with van der Waals surface area (Å²) < 4.78 is 0. The first kappa shape index (κ1) is 17.6. The zero-order valence-electron chi connectivity index (χ0n) is 14.4. The number of aliphatic hydroxyl groups is 1. The molecular formula is C20H25N3O2. The Balaban J connectivity index is 1.63. The summed E-state index contributed by atoms with van der Waals surface area (Å²) in [4.78, 5) is 20.9. The van der Waals surface area contributed by atoms with Crippen molar-refractivity contribution in [2.75, 3.05) is 26.2 Å². The van der Waals surface area contributed by atoms with Crippen molar-refractivity contribution in [3.8, 4) is 0 Å². The van der Waals surface area contributed by atoms with Crippen molar-refractivity contribution >= 4 is 5.91 Å². The van der Waals surface area contributed by atoms with Crippen LogP contribution in [0.4, 0.5) is 0 Å². The van der Waals surface area contributed by atoms with Crippen LogP contribution in [-0.4, -0.2) is 58.1 Å². The first-order valence-electron chi connectivity index (χ1n) is 8.82. The number of hydrogen-bond donors (Lipinski definition) is 1. The lowest BCUT2D eigenvalue weighted by molar-refractivity contribution is -0.133. The summed E-state index contributed by atoms with van der Waals surface area (Å²) in [5.74, 6) is 0.128. The van der Waals surface area contributed by atoms with E-state index in [0.29, 0.717) is 19.4 Å². The number of hydrogen-bond acceptors (Lipinski definition) is 4. The average Bonchev–Trinajstić information content (AvgIpc) is 2.83. The van der Waals surface area contributed by atoms with Gasteiger partial charge in [0.1, 0.15) is 0 Å². The topological polar surface area (TPSA) is 56.7 Å². The van der Waals surface area contributed by atoms with E-state index < -0.39 is 0 Å². The molecule has 5 nitrogen and oxygen atoms in total. The van der Waals surface area contributed by atoms with Gasteiger partial charge < -0.3 is 10.0 Å². The standard InChI is InChI=1S/C20H25N3O2/c24-16-19(13-17-5-2-1-3-6-17)23-12-11-22(10-8-20(23)25)15-18-7-4-9-21-14-18/h1-7,9,14,19,24H,8,10-13,15-16H2/t19-/m0/s1. The van der Waals surface area contributed by atoms with Crippen molar-refractivity contribution in [3.05, 3.63) is 66.0 Å². The summed E-state index contributed by atoms with van der Waals surface area (Å²) in [5.41, 5.74) is 2.30. The van der Waals surface area contributed by atoms with Crippen LogP contribution in [0.25, 0.3) is 0 Å². The van der Waals surface area contributed by atoms with Crippen LogP contribution < -0.4 is 0 Å². The van der Waals surface area contributed by atoms with Gasteiger partial charge in [-0.2, -0.15) is 0 Å². The molecule has 5 heteroatoms. The van der Waals surface area contributed by atoms with E-state index >= 15 is 0 Å². The average molecular weight is 339 g/mol. The molecule has 1 N–H and O–H groups in total. The molecule has 1 atom stereocenters. The zero-order chi connectivity index (χ0) is 17.5. The lowest BCUT2D eigenvalue weighted by Gasteiger charge is -2.30. The second-order valence-corrected chi connectivity index (χ2v) is 6.50. The number of rotatable bonds is 6. The molecule has 0 saturated carbocycles. The van der Waals surface area contributed by atoms with Crippen molar-refractivity contribution < 1.29 is 9.90 Å². The fraction of sp³-hybridized carbons (Fsp3) is 0.400. The third kappa shape index (κ3) is 4.87. The zero-order valence-corrected chi connectivity index (χ0v) is 14.4. The summed E-state index contributed by atoms with van der Waals surface area (Å²) in [7, 11) is 0. The summed E-state index contributed by atoms with van der Waals surface area (Å²) in [6, 6.07) is 13.9. The molecule has 1 aliphatic rings. The van der Waals surface area contributed by atoms with Crippen molar-refractivity contribution in [1.29, 1.82) is 0 Å². The molecule has 0 aliphatic carbocycles. The molecule has 1 aromatic carbocycles. The second kappa shape index (κ2) is 8.74. The highest BCUT2D eigenvalue weighted by atomic mass is 16.3. The molecule has 1 aliphatic heterocycles. The Bertz CT molecular complexity index is 663. The summed E-state index contributed by atoms with van der Waals surface area (Å²) in [6.07, 6.45) is 4.82. The Labute approximate surface area is 148 Å². The maximum absolute atomic E-state index is 12.6. The lowest BCUT2D eigenvalue weighted by atomic mass is 10.0. The van der Waals surface area contributed by atoms with E-state index in [2.05, 4.69) is 16.0 Å². The number of nitrogens with zero attached hydrogens (tertiary/aromatic N) is 3. The van der Waals surface area contributed by atoms with E-state index in [9.17, 15) is 9.90 Å². The molecule has 132 valence electrons. The molecule has 0 bridgehead atoms. The van der Waals surface area contributed by atoms with Gasteiger partial charge in [0, 0.05) is 45.0 Å². The van der Waals surface area contributed by atoms with Gasteiger partial charge in [-0.3, -0.25) is 14.7 Å². The Morgan fingerprint density at radius 3 is 2.56 bits per heavy atom. The summed E-state index contributed by atoms with van der Waals surface area (Å²) in [5, 5.41) is 9.83. The Hall–Kier alpha value is -2.24. The highest BCUT2D eigenvalue weighted by molar-refractivity contribution is 5.77. The maximum atomic E-state index is 12.6. The van der Waals surface area contributed by atoms with Crippen LogP contribution in [0.2, 0.25) is 0 Å². The minimum absolute atomic E-state index is 0.0107. The molecule has 1 fully saturated rings. The van der Waals surface area contributed by atoms with E-state index in [0.717, 1.165) is 30.8 Å². The molecule has 1 saturated heterocycles. The van der Waals surface area contributed by atoms with Crippen LogP contribution in [0.3, 0.4) is 0 Å². The van der Waals surface area contributed by atoms with Crippen LogP contribution in [0, 0.1) is 0 Å². The number of carbonyl (C=O) groups is 1. The van der Waals surface area contributed by atoms with E-state index in [1.165, 1.54) is 0 Å². The number of benzene rings is 1. The smallest absolute Gasteiger partial charge is 0.224 e. The van der Waals surface area contributed by atoms with Crippen LogP contribution in [-0.2, 0) is 17.8 Å². The SMILES string of the molecule is O=C1CCN(Cc2cccnc2)CCN1[C@H](CO)Cc1ccccc1. The highest BCUT2D eigenvalue weighted by Crippen LogP contribution is 2.15. The van der Waals surface area contributed by atoms with Gasteiger partial charge in [-0.15, -0.1) is 0 Å². The largest absolute Gasteiger partial charge is 0.394 e. The van der Waals surface area contributed by atoms with Gasteiger partial charge in [-0.05, 0) is 23.6 Å². The molecular weight excluding hydrogens is 314 g/mol. The van der Waals surface area contributed by atoms with Gasteiger partial charge in [0.15, 0.2) is 0 Å². The van der Waals surface area contributed by atoms with E-state index in [1.807, 2.05) is 47.5 Å². The molecule has 3 rings (SSSR count). The number of pyridine rings is 1. The Morgan fingerprint density at radius 2 is 1.84 bits per heavy atom. The lowest BCUT2D eigenvalue weighted by Crippen LogP contribution is -2.44. The van der Waals surface area contributed by atoms with Crippen LogP contribution in [0.5, 0.6) is 0 Å². The minimum Gasteiger partial charge on any atom is -0.394 e. The van der Waals surface area contributed by atoms with Crippen LogP contribution in [0.15, 0.2) is 54.9 Å². The third-order valence-electron chi connectivity index (χ3n) is 4.71. The predicted molar refractivity (Wildman–Crippen MR) is 96.9 cm³/mol. The fourth-order valence-electron chi connectivity index (χ4n) is 3.34. The Morgan fingerprint density at radius 1 is 1.04 bits per heavy atom. The second-order valence-electron chi connectivity index (χ2n) is 6.50. The van der Waals surface area contributed by atoms with Crippen LogP contribution >= 0.6 is 0 Å². The quantitative estimate of drug-likeness (QED) is 0.871. The monoisotopic (exact) mass is 339 g/mol. The number of aromatic nitrogens is 1. The minimum atomic E-state index is -0.159. The number of amides is 1. The molecule has 2 heterocycles. The maximum Gasteiger partial charge on any atom is 0.224 e.